The fourth-order valence-corrected chi connectivity index (χ4v) is 13.5. The van der Waals surface area contributed by atoms with Gasteiger partial charge in [-0.1, -0.05) is 90.9 Å². The van der Waals surface area contributed by atoms with Crippen LogP contribution in [0, 0.1) is 0 Å². The van der Waals surface area contributed by atoms with Gasteiger partial charge in [-0.25, -0.2) is 0 Å². The van der Waals surface area contributed by atoms with Gasteiger partial charge in [0.2, 0.25) is 0 Å². The van der Waals surface area contributed by atoms with Crippen LogP contribution in [0.4, 0.5) is 0 Å². The van der Waals surface area contributed by atoms with Crippen molar-refractivity contribution in [1.29, 1.82) is 0 Å². The summed E-state index contributed by atoms with van der Waals surface area (Å²) < 4.78 is 4.63. The van der Waals surface area contributed by atoms with Crippen LogP contribution in [0.2, 0.25) is 0 Å². The van der Waals surface area contributed by atoms with Crippen molar-refractivity contribution >= 4 is 84.1 Å². The van der Waals surface area contributed by atoms with E-state index >= 15 is 0 Å². The molecule has 0 N–H and O–H groups in total. The van der Waals surface area contributed by atoms with Crippen molar-refractivity contribution in [3.8, 4) is 0 Å². The molecule has 0 saturated heterocycles. The average Bonchev–Trinajstić information content (AvgIpc) is 3.93. The summed E-state index contributed by atoms with van der Waals surface area (Å²) >= 11 is 7.58. The SMILES string of the molecule is CCCCCCCCCCCCCCCCN1C(=O)C2=C(c3ccc(Br)[se]3)N(CCCCCCCCCCCCCCCC)C(=O)C2=C1c1ccc(Br)[se]1. The van der Waals surface area contributed by atoms with E-state index < -0.39 is 0 Å². The van der Waals surface area contributed by atoms with Crippen LogP contribution >= 0.6 is 31.9 Å². The Labute approximate surface area is 358 Å². The summed E-state index contributed by atoms with van der Waals surface area (Å²) in [7, 11) is 0. The Bertz CT molecular complexity index is 1350. The summed E-state index contributed by atoms with van der Waals surface area (Å²) in [6, 6.07) is 8.49. The first-order chi connectivity index (χ1) is 26.5. The van der Waals surface area contributed by atoms with Crippen LogP contribution in [0.5, 0.6) is 0 Å². The third kappa shape index (κ3) is 15.0. The van der Waals surface area contributed by atoms with Crippen LogP contribution in [0.15, 0.2) is 42.1 Å². The zero-order valence-corrected chi connectivity index (χ0v) is 40.4. The third-order valence-electron chi connectivity index (χ3n) is 11.3. The van der Waals surface area contributed by atoms with Crippen LogP contribution in [0.1, 0.15) is 203 Å². The molecule has 0 saturated carbocycles. The Morgan fingerprint density at radius 1 is 0.407 bits per heavy atom. The van der Waals surface area contributed by atoms with E-state index in [4.69, 9.17) is 0 Å². The molecule has 4 nitrogen and oxygen atoms in total. The molecule has 2 aromatic rings. The van der Waals surface area contributed by atoms with Gasteiger partial charge in [-0.05, 0) is 0 Å². The Balaban J connectivity index is 1.28. The molecule has 0 unspecified atom stereocenters. The number of halogens is 2. The number of nitrogens with zero attached hydrogens (tertiary/aromatic N) is 2. The maximum atomic E-state index is 14.5. The average molecular weight is 1000 g/mol. The molecule has 0 spiro atoms. The van der Waals surface area contributed by atoms with E-state index in [-0.39, 0.29) is 40.8 Å². The topological polar surface area (TPSA) is 40.6 Å². The molecule has 0 aromatic carbocycles. The molecule has 0 aliphatic carbocycles. The molecule has 302 valence electrons. The van der Waals surface area contributed by atoms with Gasteiger partial charge in [-0.15, -0.1) is 0 Å². The minimum atomic E-state index is 0.0425. The Kier molecular flexibility index (Phi) is 23.2. The standard InChI is InChI=1S/C46H70Br2N2O2Se2/c1-3-5-7-9-11-13-15-17-19-21-23-25-27-29-35-49-43(37-31-33-39(47)53-37)41-42(45(49)51)44(38-32-34-40(48)54-38)50(46(41)52)36-30-28-26-24-22-20-18-16-14-12-10-8-6-4-2/h31-34H,3-30,35-36H2,1-2H3. The molecule has 8 heteroatoms. The molecule has 2 aliphatic rings. The normalized spacial score (nSPS) is 14.5. The summed E-state index contributed by atoms with van der Waals surface area (Å²) in [4.78, 5) is 33.0. The van der Waals surface area contributed by atoms with Crippen LogP contribution in [-0.4, -0.2) is 63.7 Å². The number of fused-ring (bicyclic) bond motifs is 1. The molecule has 0 radical (unpaired) electrons. The van der Waals surface area contributed by atoms with Gasteiger partial charge < -0.3 is 0 Å². The fourth-order valence-electron chi connectivity index (χ4n) is 8.15. The summed E-state index contributed by atoms with van der Waals surface area (Å²) in [6.07, 6.45) is 36.8. The monoisotopic (exact) mass is 1000 g/mol. The Hall–Kier alpha value is -0.621. The maximum absolute atomic E-state index is 14.5. The Morgan fingerprint density at radius 3 is 0.907 bits per heavy atom. The van der Waals surface area contributed by atoms with Gasteiger partial charge >= 0.3 is 270 Å². The number of amides is 2. The van der Waals surface area contributed by atoms with Gasteiger partial charge in [0, 0.05) is 0 Å². The minimum absolute atomic E-state index is 0.0425. The van der Waals surface area contributed by atoms with E-state index in [1.165, 1.54) is 161 Å². The second kappa shape index (κ2) is 27.1. The second-order valence-corrected chi connectivity index (χ2v) is 24.4. The summed E-state index contributed by atoms with van der Waals surface area (Å²) in [5, 5.41) is 0. The molecule has 2 aliphatic heterocycles. The van der Waals surface area contributed by atoms with Crippen LogP contribution in [-0.2, 0) is 9.59 Å². The molecule has 2 amide bonds. The van der Waals surface area contributed by atoms with Crippen molar-refractivity contribution in [3.05, 3.63) is 51.0 Å². The molecule has 0 bridgehead atoms. The van der Waals surface area contributed by atoms with Gasteiger partial charge in [0.1, 0.15) is 0 Å². The number of hydrogen-bond acceptors (Lipinski definition) is 2. The zero-order valence-electron chi connectivity index (χ0n) is 33.8. The van der Waals surface area contributed by atoms with Crippen molar-refractivity contribution < 1.29 is 9.59 Å². The van der Waals surface area contributed by atoms with Crippen molar-refractivity contribution in [3.63, 3.8) is 0 Å². The summed E-state index contributed by atoms with van der Waals surface area (Å²) in [5.74, 6) is 0.0851. The van der Waals surface area contributed by atoms with Crippen LogP contribution in [0.3, 0.4) is 0 Å². The summed E-state index contributed by atoms with van der Waals surface area (Å²) in [6.45, 7) is 5.95. The molecule has 4 heterocycles. The van der Waals surface area contributed by atoms with E-state index in [1.54, 1.807) is 0 Å². The number of carbonyl (C=O) groups excluding carboxylic acids is 2. The van der Waals surface area contributed by atoms with Gasteiger partial charge in [0.25, 0.3) is 0 Å². The van der Waals surface area contributed by atoms with E-state index in [1.807, 2.05) is 9.80 Å². The first-order valence-corrected chi connectivity index (χ1v) is 27.1. The molecule has 0 fully saturated rings. The van der Waals surface area contributed by atoms with Gasteiger partial charge in [0.05, 0.1) is 0 Å². The number of rotatable bonds is 32. The van der Waals surface area contributed by atoms with Crippen molar-refractivity contribution in [1.82, 2.24) is 9.80 Å². The fraction of sp³-hybridized carbons (Fsp3) is 0.696. The number of hydrogen-bond donors (Lipinski definition) is 0. The quantitative estimate of drug-likeness (QED) is 0.0541. The number of unbranched alkanes of at least 4 members (excludes halogenated alkanes) is 26. The van der Waals surface area contributed by atoms with Gasteiger partial charge in [-0.3, -0.25) is 0 Å². The van der Waals surface area contributed by atoms with Crippen LogP contribution < -0.4 is 0 Å². The molecule has 54 heavy (non-hydrogen) atoms. The van der Waals surface area contributed by atoms with Crippen LogP contribution in [0.25, 0.3) is 11.4 Å². The van der Waals surface area contributed by atoms with E-state index in [9.17, 15) is 9.59 Å². The van der Waals surface area contributed by atoms with E-state index in [2.05, 4.69) is 70.0 Å². The van der Waals surface area contributed by atoms with E-state index in [0.717, 1.165) is 46.0 Å². The first kappa shape index (κ1) is 46.1. The number of carbonyl (C=O) groups is 2. The van der Waals surface area contributed by atoms with Gasteiger partial charge in [-0.2, -0.15) is 0 Å². The van der Waals surface area contributed by atoms with Gasteiger partial charge in [0.15, 0.2) is 0 Å². The van der Waals surface area contributed by atoms with E-state index in [0.29, 0.717) is 24.2 Å². The molecular formula is C46H70Br2N2O2Se2. The van der Waals surface area contributed by atoms with Crippen molar-refractivity contribution in [2.24, 2.45) is 0 Å². The zero-order chi connectivity index (χ0) is 38.4. The molecular weight excluding hydrogens is 930 g/mol. The predicted molar refractivity (Wildman–Crippen MR) is 240 cm³/mol. The Morgan fingerprint density at radius 2 is 0.667 bits per heavy atom. The first-order valence-electron chi connectivity index (χ1n) is 22.1. The molecule has 4 rings (SSSR count). The van der Waals surface area contributed by atoms with Crippen molar-refractivity contribution in [2.45, 2.75) is 194 Å². The van der Waals surface area contributed by atoms with Crippen molar-refractivity contribution in [2.75, 3.05) is 13.1 Å². The predicted octanol–water partition coefficient (Wildman–Crippen LogP) is 14.1. The summed E-state index contributed by atoms with van der Waals surface area (Å²) in [5.41, 5.74) is 3.15. The third-order valence-corrected chi connectivity index (χ3v) is 17.2. The molecule has 0 atom stereocenters. The second-order valence-electron chi connectivity index (χ2n) is 15.8. The molecule has 2 aromatic heterocycles.